The lowest BCUT2D eigenvalue weighted by atomic mass is 9.69. The number of aliphatic hydroxyl groups excluding tert-OH is 1. The molecule has 150 valence electrons. The topological polar surface area (TPSA) is 92.7 Å². The molecule has 0 saturated heterocycles. The standard InChI is InChI=1S/C20H29NO5S/c1-12-6-8-14(9-7-12)27(24,25)21-17-16(26-18(23)13(2)22)15-10-11-20(17,5)19(15,3)4/h6-9,13,15-17,21-22H,10-11H2,1-5H3/t13-,15-,16-,17-,20+/m1/s1. The number of esters is 1. The maximum Gasteiger partial charge on any atom is 0.335 e. The van der Waals surface area contributed by atoms with Crippen LogP contribution in [-0.2, 0) is 19.6 Å². The van der Waals surface area contributed by atoms with Crippen LogP contribution in [0.1, 0.15) is 46.1 Å². The number of hydrogen-bond donors (Lipinski definition) is 2. The van der Waals surface area contributed by atoms with Crippen LogP contribution in [0.5, 0.6) is 0 Å². The number of nitrogens with one attached hydrogen (secondary N) is 1. The van der Waals surface area contributed by atoms with Crippen molar-refractivity contribution >= 4 is 16.0 Å². The Balaban J connectivity index is 1.95. The molecule has 2 aliphatic carbocycles. The van der Waals surface area contributed by atoms with Crippen molar-refractivity contribution in [2.45, 2.75) is 70.6 Å². The Morgan fingerprint density at radius 1 is 1.26 bits per heavy atom. The highest BCUT2D eigenvalue weighted by Gasteiger charge is 2.68. The molecule has 2 fully saturated rings. The van der Waals surface area contributed by atoms with E-state index in [1.807, 2.05) is 6.92 Å². The minimum Gasteiger partial charge on any atom is -0.458 e. The first-order valence-electron chi connectivity index (χ1n) is 9.38. The maximum atomic E-state index is 13.0. The second kappa shape index (κ2) is 6.57. The summed E-state index contributed by atoms with van der Waals surface area (Å²) in [5.74, 6) is -0.678. The first-order chi connectivity index (χ1) is 12.4. The summed E-state index contributed by atoms with van der Waals surface area (Å²) in [6.45, 7) is 9.52. The molecule has 0 unspecified atom stereocenters. The predicted molar refractivity (Wildman–Crippen MR) is 101 cm³/mol. The lowest BCUT2D eigenvalue weighted by molar-refractivity contribution is -0.162. The van der Waals surface area contributed by atoms with Gasteiger partial charge >= 0.3 is 5.97 Å². The Kier molecular flexibility index (Phi) is 4.94. The van der Waals surface area contributed by atoms with Crippen LogP contribution in [0.25, 0.3) is 0 Å². The Morgan fingerprint density at radius 2 is 1.85 bits per heavy atom. The molecule has 0 aliphatic heterocycles. The van der Waals surface area contributed by atoms with Crippen molar-refractivity contribution in [1.29, 1.82) is 0 Å². The van der Waals surface area contributed by atoms with Gasteiger partial charge in [0, 0.05) is 5.92 Å². The van der Waals surface area contributed by atoms with Crippen molar-refractivity contribution in [3.8, 4) is 0 Å². The summed E-state index contributed by atoms with van der Waals surface area (Å²) in [5.41, 5.74) is 0.432. The fraction of sp³-hybridized carbons (Fsp3) is 0.650. The van der Waals surface area contributed by atoms with Gasteiger partial charge in [0.15, 0.2) is 0 Å². The lowest BCUT2D eigenvalue weighted by Crippen LogP contribution is -2.53. The number of rotatable bonds is 5. The van der Waals surface area contributed by atoms with Crippen LogP contribution in [0.3, 0.4) is 0 Å². The van der Waals surface area contributed by atoms with Gasteiger partial charge in [0.2, 0.25) is 10.0 Å². The van der Waals surface area contributed by atoms with Crippen LogP contribution >= 0.6 is 0 Å². The molecule has 0 radical (unpaired) electrons. The number of fused-ring (bicyclic) bond motifs is 2. The second-order valence-electron chi connectivity index (χ2n) is 8.77. The monoisotopic (exact) mass is 395 g/mol. The molecule has 5 atom stereocenters. The van der Waals surface area contributed by atoms with Gasteiger partial charge in [0.05, 0.1) is 10.9 Å². The molecule has 7 heteroatoms. The number of aliphatic hydroxyl groups is 1. The molecule has 0 amide bonds. The number of aryl methyl sites for hydroxylation is 1. The number of carbonyl (C=O) groups is 1. The molecule has 0 heterocycles. The summed E-state index contributed by atoms with van der Waals surface area (Å²) in [5, 5.41) is 9.56. The highest BCUT2D eigenvalue weighted by atomic mass is 32.2. The van der Waals surface area contributed by atoms with Crippen LogP contribution in [0.2, 0.25) is 0 Å². The van der Waals surface area contributed by atoms with Crippen molar-refractivity contribution in [3.63, 3.8) is 0 Å². The molecule has 2 bridgehead atoms. The van der Waals surface area contributed by atoms with E-state index >= 15 is 0 Å². The molecular formula is C20H29NO5S. The van der Waals surface area contributed by atoms with Crippen LogP contribution in [0, 0.1) is 23.7 Å². The summed E-state index contributed by atoms with van der Waals surface area (Å²) in [7, 11) is -3.76. The van der Waals surface area contributed by atoms with Crippen molar-refractivity contribution in [1.82, 2.24) is 4.72 Å². The molecule has 1 aromatic rings. The van der Waals surface area contributed by atoms with E-state index in [4.69, 9.17) is 4.74 Å². The minimum atomic E-state index is -3.76. The van der Waals surface area contributed by atoms with E-state index in [1.165, 1.54) is 6.92 Å². The molecule has 0 spiro atoms. The van der Waals surface area contributed by atoms with E-state index < -0.39 is 34.2 Å². The lowest BCUT2D eigenvalue weighted by Gasteiger charge is -2.40. The molecule has 27 heavy (non-hydrogen) atoms. The zero-order valence-corrected chi connectivity index (χ0v) is 17.3. The molecule has 2 saturated carbocycles. The minimum absolute atomic E-state index is 0.0379. The molecule has 2 N–H and O–H groups in total. The van der Waals surface area contributed by atoms with Gasteiger partial charge in [-0.25, -0.2) is 17.9 Å². The molecular weight excluding hydrogens is 366 g/mol. The zero-order valence-electron chi connectivity index (χ0n) is 16.5. The third kappa shape index (κ3) is 3.19. The number of sulfonamides is 1. The Morgan fingerprint density at radius 3 is 2.41 bits per heavy atom. The molecule has 0 aromatic heterocycles. The van der Waals surface area contributed by atoms with E-state index in [0.29, 0.717) is 0 Å². The summed E-state index contributed by atoms with van der Waals surface area (Å²) in [4.78, 5) is 12.3. The summed E-state index contributed by atoms with van der Waals surface area (Å²) in [6.07, 6.45) is -0.117. The van der Waals surface area contributed by atoms with Gasteiger partial charge in [-0.15, -0.1) is 0 Å². The highest BCUT2D eigenvalue weighted by Crippen LogP contribution is 2.66. The van der Waals surface area contributed by atoms with Gasteiger partial charge in [-0.3, -0.25) is 0 Å². The third-order valence-electron chi connectivity index (χ3n) is 6.99. The fourth-order valence-corrected chi connectivity index (χ4v) is 6.18. The van der Waals surface area contributed by atoms with E-state index in [-0.39, 0.29) is 21.6 Å². The number of carbonyl (C=O) groups excluding carboxylic acids is 1. The van der Waals surface area contributed by atoms with Gasteiger partial charge in [-0.05, 0) is 49.7 Å². The zero-order chi connectivity index (χ0) is 20.2. The van der Waals surface area contributed by atoms with Gasteiger partial charge in [-0.2, -0.15) is 0 Å². The molecule has 1 aromatic carbocycles. The average molecular weight is 396 g/mol. The molecule has 2 aliphatic rings. The van der Waals surface area contributed by atoms with E-state index in [9.17, 15) is 18.3 Å². The average Bonchev–Trinajstić information content (AvgIpc) is 2.88. The smallest absolute Gasteiger partial charge is 0.335 e. The van der Waals surface area contributed by atoms with Crippen molar-refractivity contribution in [2.24, 2.45) is 16.7 Å². The van der Waals surface area contributed by atoms with Gasteiger partial charge < -0.3 is 9.84 Å². The third-order valence-corrected chi connectivity index (χ3v) is 8.45. The first kappa shape index (κ1) is 20.3. The largest absolute Gasteiger partial charge is 0.458 e. The Hall–Kier alpha value is -1.44. The molecule has 6 nitrogen and oxygen atoms in total. The summed E-state index contributed by atoms with van der Waals surface area (Å²) >= 11 is 0. The van der Waals surface area contributed by atoms with E-state index in [2.05, 4.69) is 25.5 Å². The predicted octanol–water partition coefficient (Wildman–Crippen LogP) is 2.39. The van der Waals surface area contributed by atoms with Crippen LogP contribution in [-0.4, -0.2) is 37.7 Å². The Bertz CT molecular complexity index is 830. The Labute approximate surface area is 161 Å². The first-order valence-corrected chi connectivity index (χ1v) is 10.9. The van der Waals surface area contributed by atoms with Gasteiger partial charge in [0.1, 0.15) is 12.2 Å². The van der Waals surface area contributed by atoms with Crippen LogP contribution in [0.15, 0.2) is 29.2 Å². The SMILES string of the molecule is Cc1ccc(S(=O)(=O)N[C@@H]2[C@H](OC(=O)[C@@H](C)O)[C@H]3CC[C@]2(C)C3(C)C)cc1. The normalized spacial score (nSPS) is 33.0. The van der Waals surface area contributed by atoms with Crippen molar-refractivity contribution in [3.05, 3.63) is 29.8 Å². The highest BCUT2D eigenvalue weighted by molar-refractivity contribution is 7.89. The summed E-state index contributed by atoms with van der Waals surface area (Å²) < 4.78 is 34.4. The van der Waals surface area contributed by atoms with Crippen LogP contribution < -0.4 is 4.72 Å². The summed E-state index contributed by atoms with van der Waals surface area (Å²) in [6, 6.07) is 6.13. The quantitative estimate of drug-likeness (QED) is 0.747. The second-order valence-corrected chi connectivity index (χ2v) is 10.5. The number of ether oxygens (including phenoxy) is 1. The molecule has 3 rings (SSSR count). The van der Waals surface area contributed by atoms with Gasteiger partial charge in [0.25, 0.3) is 0 Å². The van der Waals surface area contributed by atoms with Crippen molar-refractivity contribution < 1.29 is 23.1 Å². The van der Waals surface area contributed by atoms with Crippen molar-refractivity contribution in [2.75, 3.05) is 0 Å². The number of hydrogen-bond acceptors (Lipinski definition) is 5. The fourth-order valence-electron chi connectivity index (χ4n) is 4.82. The van der Waals surface area contributed by atoms with Gasteiger partial charge in [-0.1, -0.05) is 38.5 Å². The number of benzene rings is 1. The van der Waals surface area contributed by atoms with E-state index in [0.717, 1.165) is 18.4 Å². The van der Waals surface area contributed by atoms with E-state index in [1.54, 1.807) is 24.3 Å². The van der Waals surface area contributed by atoms with Crippen LogP contribution in [0.4, 0.5) is 0 Å². The maximum absolute atomic E-state index is 13.0.